The lowest BCUT2D eigenvalue weighted by molar-refractivity contribution is 0.658. The SMILES string of the molecule is C1=C[N+](c2ccc3ccccc3c2)(c2ccc3ccccc3c2)C=CN1c1ccccc1. The first-order valence-electron chi connectivity index (χ1n) is 10.9. The van der Waals surface area contributed by atoms with E-state index in [1.807, 2.05) is 6.07 Å². The molecule has 0 aromatic heterocycles. The van der Waals surface area contributed by atoms with Gasteiger partial charge < -0.3 is 4.90 Å². The van der Waals surface area contributed by atoms with Crippen LogP contribution in [0, 0.1) is 0 Å². The van der Waals surface area contributed by atoms with Crippen LogP contribution in [0.15, 0.2) is 140 Å². The van der Waals surface area contributed by atoms with Gasteiger partial charge in [-0.2, -0.15) is 0 Å². The van der Waals surface area contributed by atoms with E-state index in [4.69, 9.17) is 0 Å². The molecule has 0 radical (unpaired) electrons. The molecule has 5 aromatic carbocycles. The zero-order valence-corrected chi connectivity index (χ0v) is 17.7. The molecule has 0 unspecified atom stereocenters. The van der Waals surface area contributed by atoms with Crippen LogP contribution in [-0.2, 0) is 0 Å². The van der Waals surface area contributed by atoms with Crippen LogP contribution in [0.3, 0.4) is 0 Å². The first-order valence-corrected chi connectivity index (χ1v) is 10.9. The summed E-state index contributed by atoms with van der Waals surface area (Å²) in [5.74, 6) is 0. The summed E-state index contributed by atoms with van der Waals surface area (Å²) in [5.41, 5.74) is 3.56. The fraction of sp³-hybridized carbons (Fsp3) is 0. The molecule has 6 rings (SSSR count). The second-order valence-corrected chi connectivity index (χ2v) is 8.18. The average molecular weight is 412 g/mol. The van der Waals surface area contributed by atoms with Crippen LogP contribution >= 0.6 is 0 Å². The summed E-state index contributed by atoms with van der Waals surface area (Å²) in [7, 11) is 0. The molecule has 0 spiro atoms. The summed E-state index contributed by atoms with van der Waals surface area (Å²) in [6.07, 6.45) is 8.86. The van der Waals surface area contributed by atoms with Gasteiger partial charge in [-0.3, -0.25) is 0 Å². The molecule has 5 aromatic rings. The first-order chi connectivity index (χ1) is 15.8. The molecule has 0 saturated carbocycles. The second kappa shape index (κ2) is 7.52. The molecule has 0 amide bonds. The largest absolute Gasteiger partial charge is 0.313 e. The molecule has 1 aliphatic heterocycles. The lowest BCUT2D eigenvalue weighted by atomic mass is 10.1. The van der Waals surface area contributed by atoms with Crippen molar-refractivity contribution in [1.29, 1.82) is 0 Å². The Bertz CT molecular complexity index is 1390. The quantitative estimate of drug-likeness (QED) is 0.271. The molecule has 0 bridgehead atoms. The highest BCUT2D eigenvalue weighted by atomic mass is 15.4. The van der Waals surface area contributed by atoms with Crippen molar-refractivity contribution >= 4 is 38.6 Å². The van der Waals surface area contributed by atoms with E-state index in [2.05, 4.69) is 139 Å². The maximum Gasteiger partial charge on any atom is 0.147 e. The second-order valence-electron chi connectivity index (χ2n) is 8.18. The van der Waals surface area contributed by atoms with Gasteiger partial charge in [0.25, 0.3) is 0 Å². The van der Waals surface area contributed by atoms with Crippen LogP contribution in [0.2, 0.25) is 0 Å². The zero-order valence-electron chi connectivity index (χ0n) is 17.7. The van der Waals surface area contributed by atoms with Crippen LogP contribution in [0.5, 0.6) is 0 Å². The highest BCUT2D eigenvalue weighted by molar-refractivity contribution is 5.89. The van der Waals surface area contributed by atoms with Crippen LogP contribution in [0.25, 0.3) is 21.5 Å². The number of fused-ring (bicyclic) bond motifs is 2. The molecule has 2 heteroatoms. The molecule has 0 atom stereocenters. The van der Waals surface area contributed by atoms with E-state index in [1.165, 1.54) is 32.9 Å². The van der Waals surface area contributed by atoms with E-state index in [-0.39, 0.29) is 0 Å². The summed E-state index contributed by atoms with van der Waals surface area (Å²) in [4.78, 5) is 2.17. The molecule has 0 N–H and O–H groups in total. The Labute approximate surface area is 188 Å². The molecular weight excluding hydrogens is 388 g/mol. The maximum absolute atomic E-state index is 2.30. The number of hydrogen-bond donors (Lipinski definition) is 0. The van der Waals surface area contributed by atoms with Gasteiger partial charge in [-0.25, -0.2) is 4.48 Å². The number of benzene rings is 5. The summed E-state index contributed by atoms with van der Waals surface area (Å²) in [6.45, 7) is 0. The third kappa shape index (κ3) is 3.09. The maximum atomic E-state index is 2.30. The number of rotatable bonds is 3. The van der Waals surface area contributed by atoms with Gasteiger partial charge in [-0.05, 0) is 45.8 Å². The molecule has 32 heavy (non-hydrogen) atoms. The Balaban J connectivity index is 1.53. The van der Waals surface area contributed by atoms with Crippen molar-refractivity contribution in [3.63, 3.8) is 0 Å². The Kier molecular flexibility index (Phi) is 4.38. The molecular formula is C30H23N2+. The number of anilines is 1. The standard InChI is InChI=1S/C30H23N2/c1-2-12-28(13-3-1)31-18-20-32(21-19-31,29-16-14-24-8-4-6-10-26(24)22-29)30-17-15-25-9-5-7-11-27(25)23-30/h1-23H/q+1. The normalized spacial score (nSPS) is 14.8. The van der Waals surface area contributed by atoms with Crippen LogP contribution < -0.4 is 9.38 Å². The van der Waals surface area contributed by atoms with E-state index in [1.54, 1.807) is 0 Å². The van der Waals surface area contributed by atoms with Gasteiger partial charge in [-0.1, -0.05) is 66.7 Å². The van der Waals surface area contributed by atoms with Crippen molar-refractivity contribution in [2.75, 3.05) is 4.90 Å². The van der Waals surface area contributed by atoms with Crippen LogP contribution in [-0.4, -0.2) is 0 Å². The smallest absolute Gasteiger partial charge is 0.147 e. The summed E-state index contributed by atoms with van der Waals surface area (Å²) >= 11 is 0. The van der Waals surface area contributed by atoms with Crippen LogP contribution in [0.4, 0.5) is 17.1 Å². The van der Waals surface area contributed by atoms with Crippen molar-refractivity contribution in [3.05, 3.63) is 140 Å². The van der Waals surface area contributed by atoms with Crippen molar-refractivity contribution in [1.82, 2.24) is 4.48 Å². The van der Waals surface area contributed by atoms with E-state index >= 15 is 0 Å². The predicted molar refractivity (Wildman–Crippen MR) is 137 cm³/mol. The average Bonchev–Trinajstić information content (AvgIpc) is 2.88. The Morgan fingerprint density at radius 1 is 0.438 bits per heavy atom. The predicted octanol–water partition coefficient (Wildman–Crippen LogP) is 8.09. The van der Waals surface area contributed by atoms with Gasteiger partial charge in [0.2, 0.25) is 0 Å². The zero-order chi connectivity index (χ0) is 21.4. The van der Waals surface area contributed by atoms with Gasteiger partial charge in [0.05, 0.1) is 12.4 Å². The minimum absolute atomic E-state index is 0.527. The van der Waals surface area contributed by atoms with E-state index in [9.17, 15) is 0 Å². The number of nitrogens with zero attached hydrogens (tertiary/aromatic N) is 2. The highest BCUT2D eigenvalue weighted by Gasteiger charge is 2.32. The Morgan fingerprint density at radius 3 is 1.44 bits per heavy atom. The summed E-state index contributed by atoms with van der Waals surface area (Å²) in [5, 5.41) is 5.00. The van der Waals surface area contributed by atoms with Gasteiger partial charge in [0, 0.05) is 30.0 Å². The monoisotopic (exact) mass is 411 g/mol. The van der Waals surface area contributed by atoms with E-state index in [0.29, 0.717) is 4.48 Å². The number of quaternary nitrogens is 1. The molecule has 1 heterocycles. The fourth-order valence-corrected chi connectivity index (χ4v) is 4.53. The minimum atomic E-state index is 0.527. The third-order valence-corrected chi connectivity index (χ3v) is 6.30. The third-order valence-electron chi connectivity index (χ3n) is 6.30. The van der Waals surface area contributed by atoms with Crippen molar-refractivity contribution in [3.8, 4) is 0 Å². The van der Waals surface area contributed by atoms with Gasteiger partial charge in [-0.15, -0.1) is 0 Å². The topological polar surface area (TPSA) is 3.24 Å². The van der Waals surface area contributed by atoms with Crippen molar-refractivity contribution in [2.24, 2.45) is 0 Å². The fourth-order valence-electron chi connectivity index (χ4n) is 4.53. The molecule has 0 aliphatic carbocycles. The van der Waals surface area contributed by atoms with E-state index in [0.717, 1.165) is 5.69 Å². The number of hydrogen-bond acceptors (Lipinski definition) is 1. The van der Waals surface area contributed by atoms with E-state index < -0.39 is 0 Å². The first kappa shape index (κ1) is 18.6. The summed E-state index contributed by atoms with van der Waals surface area (Å²) < 4.78 is 0.527. The van der Waals surface area contributed by atoms with Gasteiger partial charge in [0.15, 0.2) is 0 Å². The van der Waals surface area contributed by atoms with Crippen molar-refractivity contribution < 1.29 is 0 Å². The molecule has 0 saturated heterocycles. The molecule has 152 valence electrons. The Hall–Kier alpha value is -4.14. The van der Waals surface area contributed by atoms with Crippen molar-refractivity contribution in [2.45, 2.75) is 0 Å². The minimum Gasteiger partial charge on any atom is -0.313 e. The highest BCUT2D eigenvalue weighted by Crippen LogP contribution is 2.41. The molecule has 0 fully saturated rings. The summed E-state index contributed by atoms with van der Waals surface area (Å²) in [6, 6.07) is 41.0. The van der Waals surface area contributed by atoms with Gasteiger partial charge in [0.1, 0.15) is 23.8 Å². The molecule has 2 nitrogen and oxygen atoms in total. The van der Waals surface area contributed by atoms with Crippen LogP contribution in [0.1, 0.15) is 0 Å². The molecule has 1 aliphatic rings. The lowest BCUT2D eigenvalue weighted by Gasteiger charge is -2.34. The van der Waals surface area contributed by atoms with Gasteiger partial charge >= 0.3 is 0 Å². The lowest BCUT2D eigenvalue weighted by Crippen LogP contribution is -2.35. The Morgan fingerprint density at radius 2 is 0.906 bits per heavy atom. The number of para-hydroxylation sites is 1.